The molecule has 0 aliphatic rings. The summed E-state index contributed by atoms with van der Waals surface area (Å²) in [5.74, 6) is 0.493. The maximum absolute atomic E-state index is 12.0. The normalized spacial score (nSPS) is 12.3. The molecule has 0 aliphatic heterocycles. The van der Waals surface area contributed by atoms with Gasteiger partial charge in [0.1, 0.15) is 6.04 Å². The van der Waals surface area contributed by atoms with Crippen LogP contribution in [0.2, 0.25) is 0 Å². The summed E-state index contributed by atoms with van der Waals surface area (Å²) in [4.78, 5) is 13.9. The van der Waals surface area contributed by atoms with Crippen molar-refractivity contribution in [1.29, 1.82) is 0 Å². The predicted octanol–water partition coefficient (Wildman–Crippen LogP) is 1.87. The molecule has 0 saturated heterocycles. The highest BCUT2D eigenvalue weighted by Gasteiger charge is 2.18. The predicted molar refractivity (Wildman–Crippen MR) is 76.6 cm³/mol. The van der Waals surface area contributed by atoms with E-state index in [2.05, 4.69) is 19.2 Å². The number of nitrogens with zero attached hydrogens (tertiary/aromatic N) is 1. The second-order valence-corrected chi connectivity index (χ2v) is 5.02. The lowest BCUT2D eigenvalue weighted by Gasteiger charge is -2.26. The highest BCUT2D eigenvalue weighted by molar-refractivity contribution is 5.84. The van der Waals surface area contributed by atoms with Crippen LogP contribution < -0.4 is 16.0 Å². The zero-order valence-electron chi connectivity index (χ0n) is 11.6. The summed E-state index contributed by atoms with van der Waals surface area (Å²) in [6, 6.07) is 7.32. The van der Waals surface area contributed by atoms with Gasteiger partial charge in [-0.05, 0) is 31.0 Å². The Hall–Kier alpha value is -1.71. The summed E-state index contributed by atoms with van der Waals surface area (Å²) < 4.78 is 0. The summed E-state index contributed by atoms with van der Waals surface area (Å²) in [5.41, 5.74) is 7.39. The molecule has 1 amide bonds. The molecule has 1 atom stereocenters. The Morgan fingerprint density at radius 3 is 2.61 bits per heavy atom. The molecular weight excluding hydrogens is 226 g/mol. The average Bonchev–Trinajstić information content (AvgIpc) is 2.34. The van der Waals surface area contributed by atoms with Crippen LogP contribution in [0.4, 0.5) is 11.4 Å². The van der Waals surface area contributed by atoms with Crippen LogP contribution in [0.1, 0.15) is 20.8 Å². The number of carbonyl (C=O) groups excluding carboxylic acids is 1. The van der Waals surface area contributed by atoms with Gasteiger partial charge in [-0.1, -0.05) is 19.9 Å². The fraction of sp³-hybridized carbons (Fsp3) is 0.500. The van der Waals surface area contributed by atoms with Gasteiger partial charge in [-0.15, -0.1) is 0 Å². The quantitative estimate of drug-likeness (QED) is 0.783. The van der Waals surface area contributed by atoms with Crippen LogP contribution in [0, 0.1) is 5.92 Å². The molecule has 1 unspecified atom stereocenters. The highest BCUT2D eigenvalue weighted by atomic mass is 16.2. The Morgan fingerprint density at radius 2 is 2.06 bits per heavy atom. The van der Waals surface area contributed by atoms with Gasteiger partial charge in [0.25, 0.3) is 0 Å². The number of benzene rings is 1. The number of hydrogen-bond donors (Lipinski definition) is 2. The van der Waals surface area contributed by atoms with Crippen molar-refractivity contribution >= 4 is 17.3 Å². The molecule has 0 fully saturated rings. The van der Waals surface area contributed by atoms with Crippen LogP contribution in [0.5, 0.6) is 0 Å². The van der Waals surface area contributed by atoms with Gasteiger partial charge in [0, 0.05) is 25.0 Å². The van der Waals surface area contributed by atoms with E-state index in [1.807, 2.05) is 43.1 Å². The molecule has 0 radical (unpaired) electrons. The number of nitrogens with one attached hydrogen (secondary N) is 1. The van der Waals surface area contributed by atoms with E-state index in [9.17, 15) is 4.79 Å². The van der Waals surface area contributed by atoms with Crippen LogP contribution in [0.25, 0.3) is 0 Å². The van der Waals surface area contributed by atoms with Crippen LogP contribution in [-0.2, 0) is 4.79 Å². The molecular formula is C14H23N3O. The average molecular weight is 249 g/mol. The summed E-state index contributed by atoms with van der Waals surface area (Å²) in [7, 11) is 1.90. The van der Waals surface area contributed by atoms with Crippen molar-refractivity contribution in [1.82, 2.24) is 5.32 Å². The van der Waals surface area contributed by atoms with E-state index < -0.39 is 0 Å². The first-order valence-corrected chi connectivity index (χ1v) is 6.28. The van der Waals surface area contributed by atoms with Crippen LogP contribution in [0.3, 0.4) is 0 Å². The first-order chi connectivity index (χ1) is 8.41. The van der Waals surface area contributed by atoms with Crippen molar-refractivity contribution < 1.29 is 4.79 Å². The lowest BCUT2D eigenvalue weighted by Crippen LogP contribution is -2.44. The minimum Gasteiger partial charge on any atom is -0.399 e. The third-order valence-electron chi connectivity index (χ3n) is 2.92. The van der Waals surface area contributed by atoms with E-state index >= 15 is 0 Å². The van der Waals surface area contributed by atoms with Gasteiger partial charge >= 0.3 is 0 Å². The third kappa shape index (κ3) is 3.95. The molecule has 0 saturated carbocycles. The number of amides is 1. The zero-order chi connectivity index (χ0) is 13.7. The standard InChI is InChI=1S/C14H23N3O/c1-10(2)9-16-14(18)11(3)17(4)13-7-5-6-12(15)8-13/h5-8,10-11H,9,15H2,1-4H3,(H,16,18). The second-order valence-electron chi connectivity index (χ2n) is 5.02. The summed E-state index contributed by atoms with van der Waals surface area (Å²) in [6.07, 6.45) is 0. The Kier molecular flexibility index (Phi) is 5.01. The minimum atomic E-state index is -0.217. The van der Waals surface area contributed by atoms with E-state index in [0.717, 1.165) is 5.69 Å². The van der Waals surface area contributed by atoms with E-state index in [4.69, 9.17) is 5.73 Å². The molecule has 0 aromatic heterocycles. The van der Waals surface area contributed by atoms with Crippen molar-refractivity contribution in [2.24, 2.45) is 5.92 Å². The van der Waals surface area contributed by atoms with E-state index in [0.29, 0.717) is 18.2 Å². The van der Waals surface area contributed by atoms with Gasteiger partial charge in [-0.3, -0.25) is 4.79 Å². The molecule has 1 aromatic rings. The molecule has 0 aliphatic carbocycles. The number of nitrogens with two attached hydrogens (primary N) is 1. The van der Waals surface area contributed by atoms with Gasteiger partial charge in [0.2, 0.25) is 5.91 Å². The van der Waals surface area contributed by atoms with Crippen LogP contribution in [-0.4, -0.2) is 25.5 Å². The van der Waals surface area contributed by atoms with Crippen molar-refractivity contribution in [2.75, 3.05) is 24.2 Å². The molecule has 4 nitrogen and oxygen atoms in total. The lowest BCUT2D eigenvalue weighted by molar-refractivity contribution is -0.122. The third-order valence-corrected chi connectivity index (χ3v) is 2.92. The van der Waals surface area contributed by atoms with E-state index in [1.165, 1.54) is 0 Å². The first kappa shape index (κ1) is 14.4. The number of anilines is 2. The van der Waals surface area contributed by atoms with E-state index in [1.54, 1.807) is 0 Å². The molecule has 1 aromatic carbocycles. The van der Waals surface area contributed by atoms with Crippen LogP contribution in [0.15, 0.2) is 24.3 Å². The maximum Gasteiger partial charge on any atom is 0.242 e. The van der Waals surface area contributed by atoms with E-state index in [-0.39, 0.29) is 11.9 Å². The Bertz CT molecular complexity index is 404. The lowest BCUT2D eigenvalue weighted by atomic mass is 10.2. The molecule has 0 heterocycles. The Balaban J connectivity index is 2.65. The molecule has 1 rings (SSSR count). The van der Waals surface area contributed by atoms with Crippen molar-refractivity contribution in [3.05, 3.63) is 24.3 Å². The maximum atomic E-state index is 12.0. The number of nitrogen functional groups attached to an aromatic ring is 1. The Morgan fingerprint density at radius 1 is 1.39 bits per heavy atom. The summed E-state index contributed by atoms with van der Waals surface area (Å²) >= 11 is 0. The van der Waals surface area contributed by atoms with Crippen molar-refractivity contribution in [2.45, 2.75) is 26.8 Å². The first-order valence-electron chi connectivity index (χ1n) is 6.28. The largest absolute Gasteiger partial charge is 0.399 e. The van der Waals surface area contributed by atoms with Crippen molar-refractivity contribution in [3.63, 3.8) is 0 Å². The zero-order valence-corrected chi connectivity index (χ0v) is 11.6. The fourth-order valence-electron chi connectivity index (χ4n) is 1.60. The second kappa shape index (κ2) is 6.28. The monoisotopic (exact) mass is 249 g/mol. The van der Waals surface area contributed by atoms with Gasteiger partial charge in [-0.25, -0.2) is 0 Å². The topological polar surface area (TPSA) is 58.4 Å². The summed E-state index contributed by atoms with van der Waals surface area (Å²) in [5, 5.41) is 2.94. The molecule has 18 heavy (non-hydrogen) atoms. The minimum absolute atomic E-state index is 0.0358. The van der Waals surface area contributed by atoms with Gasteiger partial charge < -0.3 is 16.0 Å². The number of carbonyl (C=O) groups is 1. The molecule has 0 spiro atoms. The molecule has 0 bridgehead atoms. The molecule has 3 N–H and O–H groups in total. The van der Waals surface area contributed by atoms with Gasteiger partial charge in [0.15, 0.2) is 0 Å². The Labute approximate surface area is 109 Å². The highest BCUT2D eigenvalue weighted by Crippen LogP contribution is 2.18. The number of hydrogen-bond acceptors (Lipinski definition) is 3. The fourth-order valence-corrected chi connectivity index (χ4v) is 1.60. The van der Waals surface area contributed by atoms with Gasteiger partial charge in [0.05, 0.1) is 0 Å². The van der Waals surface area contributed by atoms with Gasteiger partial charge in [-0.2, -0.15) is 0 Å². The number of rotatable bonds is 5. The number of likely N-dealkylation sites (N-methyl/N-ethyl adjacent to an activating group) is 1. The van der Waals surface area contributed by atoms with Crippen molar-refractivity contribution in [3.8, 4) is 0 Å². The summed E-state index contributed by atoms with van der Waals surface area (Å²) in [6.45, 7) is 6.74. The SMILES string of the molecule is CC(C)CNC(=O)C(C)N(C)c1cccc(N)c1. The smallest absolute Gasteiger partial charge is 0.242 e. The molecule has 100 valence electrons. The van der Waals surface area contributed by atoms with Crippen LogP contribution >= 0.6 is 0 Å². The molecule has 4 heteroatoms.